The Morgan fingerprint density at radius 2 is 2.22 bits per heavy atom. The summed E-state index contributed by atoms with van der Waals surface area (Å²) in [6.07, 6.45) is 5.13. The smallest absolute Gasteiger partial charge is 0.0534 e. The van der Waals surface area contributed by atoms with Crippen LogP contribution >= 0.6 is 12.4 Å². The number of rotatable bonds is 9. The molecular weight excluding hydrogens is 250 g/mol. The number of aromatic nitrogens is 2. The minimum absolute atomic E-state index is 0. The minimum Gasteiger partial charge on any atom is -0.382 e. The van der Waals surface area contributed by atoms with Crippen LogP contribution in [-0.4, -0.2) is 29.5 Å². The molecule has 0 aliphatic carbocycles. The second kappa shape index (κ2) is 10.4. The fourth-order valence-electron chi connectivity index (χ4n) is 1.65. The molecule has 0 spiro atoms. The monoisotopic (exact) mass is 275 g/mol. The van der Waals surface area contributed by atoms with Crippen molar-refractivity contribution < 1.29 is 4.74 Å². The molecule has 5 heteroatoms. The largest absolute Gasteiger partial charge is 0.382 e. The topological polar surface area (TPSA) is 39.1 Å². The van der Waals surface area contributed by atoms with Crippen LogP contribution in [0.2, 0.25) is 0 Å². The molecular formula is C13H26ClN3O. The molecule has 18 heavy (non-hydrogen) atoms. The maximum Gasteiger partial charge on any atom is 0.0534 e. The highest BCUT2D eigenvalue weighted by Gasteiger charge is 2.00. The summed E-state index contributed by atoms with van der Waals surface area (Å²) < 4.78 is 7.29. The van der Waals surface area contributed by atoms with Crippen molar-refractivity contribution >= 4 is 12.4 Å². The lowest BCUT2D eigenvalue weighted by Gasteiger charge is -2.04. The Hall–Kier alpha value is -0.580. The fraction of sp³-hybridized carbons (Fsp3) is 0.769. The summed E-state index contributed by atoms with van der Waals surface area (Å²) in [5, 5.41) is 7.73. The molecule has 0 aliphatic rings. The number of ether oxygens (including phenoxy) is 1. The normalized spacial score (nSPS) is 10.7. The van der Waals surface area contributed by atoms with Gasteiger partial charge in [0.25, 0.3) is 0 Å². The van der Waals surface area contributed by atoms with E-state index in [0.29, 0.717) is 5.92 Å². The van der Waals surface area contributed by atoms with Gasteiger partial charge in [-0.1, -0.05) is 13.8 Å². The van der Waals surface area contributed by atoms with Gasteiger partial charge in [-0.2, -0.15) is 5.10 Å². The lowest BCUT2D eigenvalue weighted by Crippen LogP contribution is -2.16. The van der Waals surface area contributed by atoms with Crippen LogP contribution < -0.4 is 5.32 Å². The third-order valence-electron chi connectivity index (χ3n) is 2.41. The Bertz CT molecular complexity index is 302. The zero-order chi connectivity index (χ0) is 12.5. The zero-order valence-corrected chi connectivity index (χ0v) is 12.5. The van der Waals surface area contributed by atoms with E-state index in [1.807, 2.05) is 17.8 Å². The number of nitrogens with zero attached hydrogens (tertiary/aromatic N) is 2. The first-order chi connectivity index (χ1) is 8.22. The van der Waals surface area contributed by atoms with Gasteiger partial charge in [-0.25, -0.2) is 0 Å². The summed E-state index contributed by atoms with van der Waals surface area (Å²) in [5.41, 5.74) is 1.25. The molecule has 1 heterocycles. The number of nitrogens with one attached hydrogen (secondary N) is 1. The van der Waals surface area contributed by atoms with Crippen molar-refractivity contribution in [2.24, 2.45) is 5.92 Å². The van der Waals surface area contributed by atoms with E-state index < -0.39 is 0 Å². The Morgan fingerprint density at radius 1 is 1.44 bits per heavy atom. The van der Waals surface area contributed by atoms with E-state index in [9.17, 15) is 0 Å². The Morgan fingerprint density at radius 3 is 2.89 bits per heavy atom. The molecule has 0 aromatic carbocycles. The molecule has 0 unspecified atom stereocenters. The van der Waals surface area contributed by atoms with E-state index in [-0.39, 0.29) is 12.4 Å². The zero-order valence-electron chi connectivity index (χ0n) is 11.7. The molecule has 0 atom stereocenters. The van der Waals surface area contributed by atoms with E-state index in [4.69, 9.17) is 4.74 Å². The number of hydrogen-bond donors (Lipinski definition) is 1. The quantitative estimate of drug-likeness (QED) is 0.704. The molecule has 1 N–H and O–H groups in total. The molecule has 4 nitrogen and oxygen atoms in total. The highest BCUT2D eigenvalue weighted by molar-refractivity contribution is 5.85. The maximum absolute atomic E-state index is 5.28. The SMILES string of the molecule is CCOCCCNCc1cnn(CC(C)C)c1.Cl. The van der Waals surface area contributed by atoms with Crippen LogP contribution in [0.3, 0.4) is 0 Å². The maximum atomic E-state index is 5.28. The summed E-state index contributed by atoms with van der Waals surface area (Å²) in [6, 6.07) is 0. The van der Waals surface area contributed by atoms with E-state index in [1.54, 1.807) is 0 Å². The van der Waals surface area contributed by atoms with Gasteiger partial charge >= 0.3 is 0 Å². The van der Waals surface area contributed by atoms with Crippen LogP contribution in [0.15, 0.2) is 12.4 Å². The van der Waals surface area contributed by atoms with Crippen molar-refractivity contribution in [2.75, 3.05) is 19.8 Å². The second-order valence-electron chi connectivity index (χ2n) is 4.69. The van der Waals surface area contributed by atoms with Crippen molar-refractivity contribution in [1.29, 1.82) is 0 Å². The van der Waals surface area contributed by atoms with Crippen LogP contribution in [0, 0.1) is 5.92 Å². The number of halogens is 1. The molecule has 0 radical (unpaired) electrons. The minimum atomic E-state index is 0. The molecule has 0 saturated carbocycles. The summed E-state index contributed by atoms with van der Waals surface area (Å²) in [4.78, 5) is 0. The average Bonchev–Trinajstić information content (AvgIpc) is 2.70. The fourth-order valence-corrected chi connectivity index (χ4v) is 1.65. The van der Waals surface area contributed by atoms with Gasteiger partial charge < -0.3 is 10.1 Å². The lowest BCUT2D eigenvalue weighted by molar-refractivity contribution is 0.144. The van der Waals surface area contributed by atoms with Gasteiger partial charge in [0.1, 0.15) is 0 Å². The third-order valence-corrected chi connectivity index (χ3v) is 2.41. The third kappa shape index (κ3) is 7.69. The van der Waals surface area contributed by atoms with Gasteiger partial charge in [0, 0.05) is 38.1 Å². The van der Waals surface area contributed by atoms with Gasteiger partial charge in [-0.3, -0.25) is 4.68 Å². The Kier molecular flexibility index (Phi) is 10.0. The van der Waals surface area contributed by atoms with E-state index in [1.165, 1.54) is 5.56 Å². The molecule has 1 rings (SSSR count). The first-order valence-electron chi connectivity index (χ1n) is 6.52. The molecule has 0 fully saturated rings. The van der Waals surface area contributed by atoms with Crippen LogP contribution in [0.5, 0.6) is 0 Å². The molecule has 0 amide bonds. The molecule has 1 aromatic rings. The van der Waals surface area contributed by atoms with Crippen LogP contribution in [0.4, 0.5) is 0 Å². The predicted octanol–water partition coefficient (Wildman–Crippen LogP) is 2.48. The van der Waals surface area contributed by atoms with E-state index in [0.717, 1.165) is 39.3 Å². The van der Waals surface area contributed by atoms with Crippen molar-refractivity contribution in [3.05, 3.63) is 18.0 Å². The first kappa shape index (κ1) is 17.4. The first-order valence-corrected chi connectivity index (χ1v) is 6.52. The van der Waals surface area contributed by atoms with Crippen LogP contribution in [0.25, 0.3) is 0 Å². The Labute approximate surface area is 117 Å². The van der Waals surface area contributed by atoms with Crippen molar-refractivity contribution in [2.45, 2.75) is 40.3 Å². The van der Waals surface area contributed by atoms with E-state index >= 15 is 0 Å². The van der Waals surface area contributed by atoms with Crippen molar-refractivity contribution in [1.82, 2.24) is 15.1 Å². The summed E-state index contributed by atoms with van der Waals surface area (Å²) in [6.45, 7) is 11.0. The van der Waals surface area contributed by atoms with Gasteiger partial charge in [-0.15, -0.1) is 12.4 Å². The van der Waals surface area contributed by atoms with E-state index in [2.05, 4.69) is 30.5 Å². The highest BCUT2D eigenvalue weighted by Crippen LogP contribution is 2.01. The molecule has 0 bridgehead atoms. The van der Waals surface area contributed by atoms with Crippen molar-refractivity contribution in [3.8, 4) is 0 Å². The lowest BCUT2D eigenvalue weighted by atomic mass is 10.2. The summed E-state index contributed by atoms with van der Waals surface area (Å²) in [7, 11) is 0. The molecule has 0 saturated heterocycles. The van der Waals surface area contributed by atoms with Gasteiger partial charge in [-0.05, 0) is 25.8 Å². The summed E-state index contributed by atoms with van der Waals surface area (Å²) in [5.74, 6) is 0.641. The average molecular weight is 276 g/mol. The van der Waals surface area contributed by atoms with Gasteiger partial charge in [0.2, 0.25) is 0 Å². The second-order valence-corrected chi connectivity index (χ2v) is 4.69. The molecule has 106 valence electrons. The highest BCUT2D eigenvalue weighted by atomic mass is 35.5. The van der Waals surface area contributed by atoms with Crippen LogP contribution in [-0.2, 0) is 17.8 Å². The van der Waals surface area contributed by atoms with Crippen LogP contribution in [0.1, 0.15) is 32.8 Å². The molecule has 0 aliphatic heterocycles. The van der Waals surface area contributed by atoms with Crippen molar-refractivity contribution in [3.63, 3.8) is 0 Å². The van der Waals surface area contributed by atoms with Gasteiger partial charge in [0.15, 0.2) is 0 Å². The standard InChI is InChI=1S/C13H25N3O.ClH/c1-4-17-7-5-6-14-8-13-9-15-16(11-13)10-12(2)3;/h9,11-12,14H,4-8,10H2,1-3H3;1H. The predicted molar refractivity (Wildman–Crippen MR) is 77.1 cm³/mol. The Balaban J connectivity index is 0.00000289. The summed E-state index contributed by atoms with van der Waals surface area (Å²) >= 11 is 0. The molecule has 1 aromatic heterocycles. The van der Waals surface area contributed by atoms with Gasteiger partial charge in [0.05, 0.1) is 6.20 Å². The number of hydrogen-bond acceptors (Lipinski definition) is 3.